The molecule has 104 valence electrons. The van der Waals surface area contributed by atoms with Gasteiger partial charge in [0.1, 0.15) is 22.8 Å². The van der Waals surface area contributed by atoms with Gasteiger partial charge < -0.3 is 10.6 Å². The van der Waals surface area contributed by atoms with Crippen LogP contribution in [0.4, 0.5) is 5.82 Å². The van der Waals surface area contributed by atoms with Gasteiger partial charge in [-0.15, -0.1) is 0 Å². The lowest BCUT2D eigenvalue weighted by atomic mass is 10.2. The zero-order valence-corrected chi connectivity index (χ0v) is 12.2. The number of hydrogen-bond donors (Lipinski definition) is 2. The van der Waals surface area contributed by atoms with Gasteiger partial charge in [-0.25, -0.2) is 9.97 Å². The van der Waals surface area contributed by atoms with Gasteiger partial charge in [0.25, 0.3) is 0 Å². The van der Waals surface area contributed by atoms with Crippen molar-refractivity contribution in [3.8, 4) is 0 Å². The molecule has 1 amide bonds. The third-order valence-electron chi connectivity index (χ3n) is 2.91. The molecule has 1 fully saturated rings. The first kappa shape index (κ1) is 14.1. The molecule has 1 saturated carbocycles. The Morgan fingerprint density at radius 3 is 2.63 bits per heavy atom. The largest absolute Gasteiger partial charge is 0.358 e. The molecule has 19 heavy (non-hydrogen) atoms. The van der Waals surface area contributed by atoms with Crippen molar-refractivity contribution in [2.24, 2.45) is 0 Å². The summed E-state index contributed by atoms with van der Waals surface area (Å²) in [5, 5.41) is 6.40. The van der Waals surface area contributed by atoms with Gasteiger partial charge in [-0.1, -0.05) is 25.4 Å². The molecule has 6 heteroatoms. The van der Waals surface area contributed by atoms with Crippen molar-refractivity contribution in [1.82, 2.24) is 15.3 Å². The third-order valence-corrected chi connectivity index (χ3v) is 3.10. The summed E-state index contributed by atoms with van der Waals surface area (Å²) in [7, 11) is 0. The fourth-order valence-corrected chi connectivity index (χ4v) is 1.80. The highest BCUT2D eigenvalue weighted by Crippen LogP contribution is 2.20. The number of anilines is 1. The topological polar surface area (TPSA) is 66.9 Å². The van der Waals surface area contributed by atoms with Gasteiger partial charge in [0.05, 0.1) is 0 Å². The summed E-state index contributed by atoms with van der Waals surface area (Å²) in [4.78, 5) is 20.4. The minimum absolute atomic E-state index is 0.0108. The minimum Gasteiger partial charge on any atom is -0.358 e. The molecule has 0 aromatic carbocycles. The predicted octanol–water partition coefficient (Wildman–Crippen LogP) is 2.33. The minimum atomic E-state index is -0.341. The van der Waals surface area contributed by atoms with Crippen LogP contribution in [0, 0.1) is 0 Å². The van der Waals surface area contributed by atoms with E-state index in [4.69, 9.17) is 11.6 Å². The van der Waals surface area contributed by atoms with E-state index >= 15 is 0 Å². The Bertz CT molecular complexity index is 474. The Balaban J connectivity index is 2.02. The summed E-state index contributed by atoms with van der Waals surface area (Å²) in [5.41, 5.74) is 0. The molecule has 0 radical (unpaired) electrons. The van der Waals surface area contributed by atoms with Crippen LogP contribution in [0.25, 0.3) is 0 Å². The van der Waals surface area contributed by atoms with E-state index < -0.39 is 0 Å². The lowest BCUT2D eigenvalue weighted by molar-refractivity contribution is -0.121. The van der Waals surface area contributed by atoms with E-state index in [-0.39, 0.29) is 17.9 Å². The van der Waals surface area contributed by atoms with Gasteiger partial charge in [-0.05, 0) is 19.8 Å². The van der Waals surface area contributed by atoms with Crippen molar-refractivity contribution in [1.29, 1.82) is 0 Å². The lowest BCUT2D eigenvalue weighted by Gasteiger charge is -2.15. The van der Waals surface area contributed by atoms with Crippen LogP contribution in [0.2, 0.25) is 5.15 Å². The molecule has 0 bridgehead atoms. The van der Waals surface area contributed by atoms with Gasteiger partial charge in [-0.3, -0.25) is 4.79 Å². The zero-order valence-electron chi connectivity index (χ0n) is 11.4. The zero-order chi connectivity index (χ0) is 14.0. The lowest BCUT2D eigenvalue weighted by Crippen LogP contribution is -2.38. The molecule has 1 aromatic heterocycles. The van der Waals surface area contributed by atoms with Crippen molar-refractivity contribution >= 4 is 23.3 Å². The molecular weight excluding hydrogens is 264 g/mol. The summed E-state index contributed by atoms with van der Waals surface area (Å²) >= 11 is 5.96. The number of aromatic nitrogens is 2. The second-order valence-electron chi connectivity index (χ2n) is 5.24. The van der Waals surface area contributed by atoms with E-state index in [1.807, 2.05) is 20.8 Å². The van der Waals surface area contributed by atoms with Crippen LogP contribution in [0.3, 0.4) is 0 Å². The number of rotatable bonds is 5. The van der Waals surface area contributed by atoms with Crippen LogP contribution in [0.5, 0.6) is 0 Å². The molecule has 0 spiro atoms. The van der Waals surface area contributed by atoms with Crippen LogP contribution in [0.15, 0.2) is 6.07 Å². The molecule has 1 heterocycles. The van der Waals surface area contributed by atoms with E-state index in [2.05, 4.69) is 20.6 Å². The highest BCUT2D eigenvalue weighted by atomic mass is 35.5. The van der Waals surface area contributed by atoms with Crippen molar-refractivity contribution in [3.63, 3.8) is 0 Å². The van der Waals surface area contributed by atoms with Gasteiger partial charge >= 0.3 is 0 Å². The van der Waals surface area contributed by atoms with Gasteiger partial charge in [0.2, 0.25) is 5.91 Å². The SMILES string of the molecule is CC(Nc1cc(Cl)nc(C(C)C)n1)C(=O)NC1CC1. The number of halogens is 1. The summed E-state index contributed by atoms with van der Waals surface area (Å²) in [6.07, 6.45) is 2.16. The van der Waals surface area contributed by atoms with E-state index in [9.17, 15) is 4.79 Å². The number of carbonyl (C=O) groups is 1. The van der Waals surface area contributed by atoms with E-state index in [0.29, 0.717) is 22.8 Å². The van der Waals surface area contributed by atoms with E-state index in [0.717, 1.165) is 12.8 Å². The van der Waals surface area contributed by atoms with E-state index in [1.54, 1.807) is 6.07 Å². The highest BCUT2D eigenvalue weighted by Gasteiger charge is 2.25. The maximum atomic E-state index is 11.9. The first-order chi connectivity index (χ1) is 8.95. The fourth-order valence-electron chi connectivity index (χ4n) is 1.61. The maximum Gasteiger partial charge on any atom is 0.242 e. The van der Waals surface area contributed by atoms with Crippen molar-refractivity contribution in [2.75, 3.05) is 5.32 Å². The second kappa shape index (κ2) is 5.74. The first-order valence-corrected chi connectivity index (χ1v) is 6.95. The quantitative estimate of drug-likeness (QED) is 0.814. The smallest absolute Gasteiger partial charge is 0.242 e. The standard InChI is InChI=1S/C13H19ClN4O/c1-7(2)12-17-10(14)6-11(18-12)15-8(3)13(19)16-9-4-5-9/h6-9H,4-5H2,1-3H3,(H,16,19)(H,15,17,18). The molecule has 2 rings (SSSR count). The van der Waals surface area contributed by atoms with Crippen molar-refractivity contribution < 1.29 is 4.79 Å². The van der Waals surface area contributed by atoms with Crippen LogP contribution in [-0.4, -0.2) is 28.0 Å². The molecule has 0 aliphatic heterocycles. The maximum absolute atomic E-state index is 11.9. The van der Waals surface area contributed by atoms with Crippen molar-refractivity contribution in [2.45, 2.75) is 51.6 Å². The summed E-state index contributed by atoms with van der Waals surface area (Å²) in [5.74, 6) is 1.44. The third kappa shape index (κ3) is 4.06. The Morgan fingerprint density at radius 2 is 2.05 bits per heavy atom. The average molecular weight is 283 g/mol. The number of nitrogens with zero attached hydrogens (tertiary/aromatic N) is 2. The van der Waals surface area contributed by atoms with Gasteiger partial charge in [-0.2, -0.15) is 0 Å². The molecule has 1 aliphatic rings. The Labute approximate surface area is 118 Å². The normalized spacial score (nSPS) is 16.3. The predicted molar refractivity (Wildman–Crippen MR) is 75.4 cm³/mol. The summed E-state index contributed by atoms with van der Waals surface area (Å²) in [6.45, 7) is 5.81. The molecule has 1 unspecified atom stereocenters. The average Bonchev–Trinajstić information content (AvgIpc) is 3.11. The molecule has 1 atom stereocenters. The number of carbonyl (C=O) groups excluding carboxylic acids is 1. The summed E-state index contributed by atoms with van der Waals surface area (Å²) in [6, 6.07) is 1.65. The van der Waals surface area contributed by atoms with E-state index in [1.165, 1.54) is 0 Å². The van der Waals surface area contributed by atoms with Gasteiger partial charge in [0, 0.05) is 18.0 Å². The van der Waals surface area contributed by atoms with Crippen LogP contribution >= 0.6 is 11.6 Å². The molecule has 1 aliphatic carbocycles. The second-order valence-corrected chi connectivity index (χ2v) is 5.62. The van der Waals surface area contributed by atoms with Crippen molar-refractivity contribution in [3.05, 3.63) is 17.0 Å². The Morgan fingerprint density at radius 1 is 1.37 bits per heavy atom. The number of hydrogen-bond acceptors (Lipinski definition) is 4. The Hall–Kier alpha value is -1.36. The number of nitrogens with one attached hydrogen (secondary N) is 2. The van der Waals surface area contributed by atoms with Crippen LogP contribution in [0.1, 0.15) is 45.4 Å². The van der Waals surface area contributed by atoms with Crippen LogP contribution in [-0.2, 0) is 4.79 Å². The molecule has 0 saturated heterocycles. The molecular formula is C13H19ClN4O. The molecule has 2 N–H and O–H groups in total. The van der Waals surface area contributed by atoms with Crippen LogP contribution < -0.4 is 10.6 Å². The number of amides is 1. The monoisotopic (exact) mass is 282 g/mol. The molecule has 5 nitrogen and oxygen atoms in total. The van der Waals surface area contributed by atoms with Gasteiger partial charge in [0.15, 0.2) is 0 Å². The fraction of sp³-hybridized carbons (Fsp3) is 0.615. The first-order valence-electron chi connectivity index (χ1n) is 6.57. The Kier molecular flexibility index (Phi) is 4.24. The molecule has 1 aromatic rings. The summed E-state index contributed by atoms with van der Waals surface area (Å²) < 4.78 is 0. The highest BCUT2D eigenvalue weighted by molar-refractivity contribution is 6.29.